The van der Waals surface area contributed by atoms with Crippen LogP contribution in [0.4, 0.5) is 5.69 Å². The lowest BCUT2D eigenvalue weighted by Gasteiger charge is -2.17. The van der Waals surface area contributed by atoms with Gasteiger partial charge in [0.15, 0.2) is 5.11 Å². The monoisotopic (exact) mass is 377 g/mol. The molecule has 25 heavy (non-hydrogen) atoms. The first-order valence-electron chi connectivity index (χ1n) is 8.12. The quantitative estimate of drug-likeness (QED) is 0.674. The van der Waals surface area contributed by atoms with Crippen LogP contribution in [0, 0.1) is 0 Å². The van der Waals surface area contributed by atoms with Crippen LogP contribution in [0.25, 0.3) is 0 Å². The fourth-order valence-electron chi connectivity index (χ4n) is 2.54. The Kier molecular flexibility index (Phi) is 6.52. The third-order valence-corrected chi connectivity index (χ3v) is 5.12. The summed E-state index contributed by atoms with van der Waals surface area (Å²) in [5.41, 5.74) is 4.42. The van der Waals surface area contributed by atoms with Crippen molar-refractivity contribution in [3.8, 4) is 0 Å². The first-order valence-corrected chi connectivity index (χ1v) is 10.1. The maximum absolute atomic E-state index is 11.3. The average molecular weight is 378 g/mol. The SMILES string of the molecule is CCc1cccc(CC)c1NC(=S)NCc1ccc(S(N)(=O)=O)cc1. The molecule has 4 N–H and O–H groups in total. The van der Waals surface area contributed by atoms with Gasteiger partial charge < -0.3 is 10.6 Å². The Hall–Kier alpha value is -1.96. The van der Waals surface area contributed by atoms with Crippen molar-refractivity contribution in [2.45, 2.75) is 38.1 Å². The van der Waals surface area contributed by atoms with Crippen LogP contribution >= 0.6 is 12.2 Å². The van der Waals surface area contributed by atoms with E-state index in [4.69, 9.17) is 17.4 Å². The second-order valence-corrected chi connectivity index (χ2v) is 7.62. The molecule has 0 aliphatic heterocycles. The van der Waals surface area contributed by atoms with E-state index in [0.29, 0.717) is 11.7 Å². The molecule has 0 bridgehead atoms. The summed E-state index contributed by atoms with van der Waals surface area (Å²) in [4.78, 5) is 0.0985. The van der Waals surface area contributed by atoms with Crippen molar-refractivity contribution in [3.05, 3.63) is 59.2 Å². The molecule has 2 rings (SSSR count). The number of sulfonamides is 1. The number of anilines is 1. The van der Waals surface area contributed by atoms with Crippen LogP contribution in [0.15, 0.2) is 47.4 Å². The number of para-hydroxylation sites is 1. The van der Waals surface area contributed by atoms with Crippen molar-refractivity contribution in [2.24, 2.45) is 5.14 Å². The molecule has 2 aromatic carbocycles. The predicted molar refractivity (Wildman–Crippen MR) is 106 cm³/mol. The fourth-order valence-corrected chi connectivity index (χ4v) is 3.23. The van der Waals surface area contributed by atoms with Crippen molar-refractivity contribution in [1.29, 1.82) is 0 Å². The summed E-state index contributed by atoms with van der Waals surface area (Å²) >= 11 is 5.40. The molecule has 0 radical (unpaired) electrons. The summed E-state index contributed by atoms with van der Waals surface area (Å²) < 4.78 is 22.5. The molecular weight excluding hydrogens is 354 g/mol. The first-order chi connectivity index (χ1) is 11.8. The molecular formula is C18H23N3O2S2. The number of nitrogens with two attached hydrogens (primary N) is 1. The summed E-state index contributed by atoms with van der Waals surface area (Å²) in [6.45, 7) is 4.72. The lowest BCUT2D eigenvalue weighted by atomic mass is 10.0. The fraction of sp³-hybridized carbons (Fsp3) is 0.278. The second kappa shape index (κ2) is 8.42. The van der Waals surface area contributed by atoms with E-state index in [1.807, 2.05) is 0 Å². The summed E-state index contributed by atoms with van der Waals surface area (Å²) in [6.07, 6.45) is 1.85. The zero-order chi connectivity index (χ0) is 18.4. The predicted octanol–water partition coefficient (Wildman–Crippen LogP) is 2.95. The van der Waals surface area contributed by atoms with Crippen LogP contribution < -0.4 is 15.8 Å². The van der Waals surface area contributed by atoms with Gasteiger partial charge in [-0.3, -0.25) is 0 Å². The molecule has 2 aromatic rings. The average Bonchev–Trinajstić information content (AvgIpc) is 2.59. The van der Waals surface area contributed by atoms with Crippen LogP contribution in [-0.2, 0) is 29.4 Å². The van der Waals surface area contributed by atoms with Gasteiger partial charge >= 0.3 is 0 Å². The first kappa shape index (κ1) is 19.4. The Labute approximate surface area is 154 Å². The maximum Gasteiger partial charge on any atom is 0.238 e. The molecule has 0 aliphatic carbocycles. The zero-order valence-corrected chi connectivity index (χ0v) is 16.0. The van der Waals surface area contributed by atoms with Crippen molar-refractivity contribution < 1.29 is 8.42 Å². The van der Waals surface area contributed by atoms with Gasteiger partial charge in [0.1, 0.15) is 0 Å². The number of thiocarbonyl (C=S) groups is 1. The number of rotatable bonds is 6. The molecule has 0 saturated carbocycles. The minimum atomic E-state index is -3.67. The Morgan fingerprint density at radius 3 is 2.08 bits per heavy atom. The van der Waals surface area contributed by atoms with Crippen LogP contribution in [-0.4, -0.2) is 13.5 Å². The zero-order valence-electron chi connectivity index (χ0n) is 14.4. The molecule has 0 spiro atoms. The van der Waals surface area contributed by atoms with E-state index in [1.54, 1.807) is 12.1 Å². The Morgan fingerprint density at radius 2 is 1.60 bits per heavy atom. The van der Waals surface area contributed by atoms with E-state index in [1.165, 1.54) is 23.3 Å². The van der Waals surface area contributed by atoms with Crippen molar-refractivity contribution in [1.82, 2.24) is 5.32 Å². The van der Waals surface area contributed by atoms with Gasteiger partial charge in [0, 0.05) is 12.2 Å². The lowest BCUT2D eigenvalue weighted by molar-refractivity contribution is 0.597. The van der Waals surface area contributed by atoms with Crippen LogP contribution in [0.3, 0.4) is 0 Å². The van der Waals surface area contributed by atoms with Crippen LogP contribution in [0.2, 0.25) is 0 Å². The minimum Gasteiger partial charge on any atom is -0.358 e. The third-order valence-electron chi connectivity index (χ3n) is 3.94. The van der Waals surface area contributed by atoms with E-state index < -0.39 is 10.0 Å². The third kappa shape index (κ3) is 5.26. The van der Waals surface area contributed by atoms with Crippen molar-refractivity contribution in [3.63, 3.8) is 0 Å². The Balaban J connectivity index is 2.02. The van der Waals surface area contributed by atoms with Gasteiger partial charge in [0.05, 0.1) is 4.90 Å². The van der Waals surface area contributed by atoms with Gasteiger partial charge in [-0.25, -0.2) is 13.6 Å². The number of nitrogens with one attached hydrogen (secondary N) is 2. The van der Waals surface area contributed by atoms with Crippen molar-refractivity contribution in [2.75, 3.05) is 5.32 Å². The lowest BCUT2D eigenvalue weighted by Crippen LogP contribution is -2.28. The second-order valence-electron chi connectivity index (χ2n) is 5.66. The van der Waals surface area contributed by atoms with E-state index >= 15 is 0 Å². The molecule has 0 saturated heterocycles. The molecule has 0 unspecified atom stereocenters. The van der Waals surface area contributed by atoms with Crippen LogP contribution in [0.1, 0.15) is 30.5 Å². The summed E-state index contributed by atoms with van der Waals surface area (Å²) in [5.74, 6) is 0. The van der Waals surface area contributed by atoms with Gasteiger partial charge in [-0.2, -0.15) is 0 Å². The van der Waals surface area contributed by atoms with Gasteiger partial charge in [0.25, 0.3) is 0 Å². The molecule has 0 heterocycles. The number of hydrogen-bond acceptors (Lipinski definition) is 3. The van der Waals surface area contributed by atoms with Gasteiger partial charge in [-0.1, -0.05) is 44.2 Å². The van der Waals surface area contributed by atoms with Gasteiger partial charge in [0.2, 0.25) is 10.0 Å². The molecule has 7 heteroatoms. The van der Waals surface area contributed by atoms with E-state index in [-0.39, 0.29) is 4.90 Å². The molecule has 0 aliphatic rings. The molecule has 0 amide bonds. The van der Waals surface area contributed by atoms with Gasteiger partial charge in [-0.05, 0) is 53.9 Å². The normalized spacial score (nSPS) is 11.2. The van der Waals surface area contributed by atoms with E-state index in [9.17, 15) is 8.42 Å². The molecule has 134 valence electrons. The largest absolute Gasteiger partial charge is 0.358 e. The van der Waals surface area contributed by atoms with E-state index in [2.05, 4.69) is 42.7 Å². The highest BCUT2D eigenvalue weighted by Crippen LogP contribution is 2.22. The van der Waals surface area contributed by atoms with Crippen molar-refractivity contribution >= 4 is 33.0 Å². The molecule has 0 atom stereocenters. The summed E-state index contributed by atoms with van der Waals surface area (Å²) in [5, 5.41) is 12.1. The highest BCUT2D eigenvalue weighted by atomic mass is 32.2. The highest BCUT2D eigenvalue weighted by Gasteiger charge is 2.09. The molecule has 0 aromatic heterocycles. The van der Waals surface area contributed by atoms with Crippen LogP contribution in [0.5, 0.6) is 0 Å². The number of primary sulfonamides is 1. The Bertz CT molecular complexity index is 825. The highest BCUT2D eigenvalue weighted by molar-refractivity contribution is 7.89. The van der Waals surface area contributed by atoms with E-state index in [0.717, 1.165) is 24.1 Å². The number of benzene rings is 2. The summed E-state index contributed by atoms with van der Waals surface area (Å²) in [6, 6.07) is 12.7. The topological polar surface area (TPSA) is 84.2 Å². The van der Waals surface area contributed by atoms with Gasteiger partial charge in [-0.15, -0.1) is 0 Å². The Morgan fingerprint density at radius 1 is 1.04 bits per heavy atom. The maximum atomic E-state index is 11.3. The number of hydrogen-bond donors (Lipinski definition) is 3. The smallest absolute Gasteiger partial charge is 0.238 e. The molecule has 0 fully saturated rings. The summed E-state index contributed by atoms with van der Waals surface area (Å²) in [7, 11) is -3.67. The minimum absolute atomic E-state index is 0.0985. The molecule has 5 nitrogen and oxygen atoms in total. The number of aryl methyl sites for hydroxylation is 2. The standard InChI is InChI=1S/C18H23N3O2S2/c1-3-14-6-5-7-15(4-2)17(14)21-18(24)20-12-13-8-10-16(11-9-13)25(19,22)23/h5-11H,3-4,12H2,1-2H3,(H2,19,22,23)(H2,20,21,24).